The number of methoxy groups -OCH3 is 1. The Balaban J connectivity index is 1.86. The summed E-state index contributed by atoms with van der Waals surface area (Å²) in [6.45, 7) is 1.52. The lowest BCUT2D eigenvalue weighted by molar-refractivity contribution is 0.102. The van der Waals surface area contributed by atoms with Crippen LogP contribution >= 0.6 is 0 Å². The number of para-hydroxylation sites is 3. The minimum atomic E-state index is -3.91. The van der Waals surface area contributed by atoms with Crippen LogP contribution in [0.5, 0.6) is 5.75 Å². The summed E-state index contributed by atoms with van der Waals surface area (Å²) in [4.78, 5) is 12.7. The van der Waals surface area contributed by atoms with Crippen LogP contribution in [0, 0.1) is 0 Å². The number of nitrogens with one attached hydrogen (secondary N) is 1. The highest BCUT2D eigenvalue weighted by atomic mass is 32.2. The third-order valence-electron chi connectivity index (χ3n) is 5.05. The predicted molar refractivity (Wildman–Crippen MR) is 127 cm³/mol. The van der Waals surface area contributed by atoms with Gasteiger partial charge in [0, 0.05) is 12.6 Å². The van der Waals surface area contributed by atoms with Crippen LogP contribution in [0.25, 0.3) is 0 Å². The van der Waals surface area contributed by atoms with Crippen molar-refractivity contribution in [2.45, 2.75) is 16.7 Å². The summed E-state index contributed by atoms with van der Waals surface area (Å²) in [6.07, 6.45) is 0. The minimum Gasteiger partial charge on any atom is -0.495 e. The molecule has 0 saturated heterocycles. The lowest BCUT2D eigenvalue weighted by Crippen LogP contribution is -2.27. The van der Waals surface area contributed by atoms with E-state index in [1.807, 2.05) is 0 Å². The summed E-state index contributed by atoms with van der Waals surface area (Å²) < 4.78 is 57.1. The van der Waals surface area contributed by atoms with Gasteiger partial charge in [-0.25, -0.2) is 16.8 Å². The number of sulfonamides is 1. The summed E-state index contributed by atoms with van der Waals surface area (Å²) in [5.41, 5.74) is 0.713. The Morgan fingerprint density at radius 1 is 0.909 bits per heavy atom. The first-order valence-electron chi connectivity index (χ1n) is 9.97. The Hall–Kier alpha value is -3.37. The van der Waals surface area contributed by atoms with Gasteiger partial charge in [0.2, 0.25) is 0 Å². The van der Waals surface area contributed by atoms with Crippen LogP contribution in [0.2, 0.25) is 0 Å². The van der Waals surface area contributed by atoms with E-state index >= 15 is 0 Å². The van der Waals surface area contributed by atoms with Gasteiger partial charge in [-0.05, 0) is 48.5 Å². The third-order valence-corrected chi connectivity index (χ3v) is 8.62. The summed E-state index contributed by atoms with van der Waals surface area (Å²) in [5, 5.41) is 2.59. The molecule has 0 aliphatic carbocycles. The topological polar surface area (TPSA) is 110 Å². The smallest absolute Gasteiger partial charge is 0.264 e. The molecule has 1 amide bonds. The maximum atomic E-state index is 13.1. The van der Waals surface area contributed by atoms with Crippen molar-refractivity contribution in [3.8, 4) is 5.75 Å². The van der Waals surface area contributed by atoms with Crippen molar-refractivity contribution in [1.82, 2.24) is 0 Å². The second kappa shape index (κ2) is 9.63. The van der Waals surface area contributed by atoms with Crippen LogP contribution in [0.4, 0.5) is 11.4 Å². The van der Waals surface area contributed by atoms with Gasteiger partial charge in [-0.1, -0.05) is 31.2 Å². The standard InChI is InChI=1S/C23H24N2O6S2/c1-4-32(27,28)22-12-8-5-9-19(22)24-23(26)17-13-15-18(16-14-17)33(29,30)25(2)20-10-6-7-11-21(20)31-3/h5-16H,4H2,1-3H3,(H,24,26). The molecule has 1 N–H and O–H groups in total. The van der Waals surface area contributed by atoms with Crippen molar-refractivity contribution in [2.75, 3.05) is 29.5 Å². The number of rotatable bonds is 8. The number of amides is 1. The first-order valence-corrected chi connectivity index (χ1v) is 13.1. The van der Waals surface area contributed by atoms with E-state index in [9.17, 15) is 21.6 Å². The van der Waals surface area contributed by atoms with Crippen LogP contribution in [-0.4, -0.2) is 42.7 Å². The van der Waals surface area contributed by atoms with E-state index in [1.165, 1.54) is 57.5 Å². The molecule has 0 radical (unpaired) electrons. The Labute approximate surface area is 193 Å². The van der Waals surface area contributed by atoms with Crippen LogP contribution in [0.3, 0.4) is 0 Å². The minimum absolute atomic E-state index is 0.0126. The summed E-state index contributed by atoms with van der Waals surface area (Å²) in [5.74, 6) is -0.261. The van der Waals surface area contributed by atoms with Gasteiger partial charge >= 0.3 is 0 Å². The Morgan fingerprint density at radius 2 is 1.52 bits per heavy atom. The van der Waals surface area contributed by atoms with E-state index < -0.39 is 25.8 Å². The molecule has 174 valence electrons. The highest BCUT2D eigenvalue weighted by Crippen LogP contribution is 2.31. The molecule has 0 bridgehead atoms. The molecule has 0 spiro atoms. The maximum absolute atomic E-state index is 13.1. The highest BCUT2D eigenvalue weighted by molar-refractivity contribution is 7.92. The molecule has 3 aromatic rings. The van der Waals surface area contributed by atoms with Crippen molar-refractivity contribution in [2.24, 2.45) is 0 Å². The zero-order chi connectivity index (χ0) is 24.2. The number of benzene rings is 3. The zero-order valence-electron chi connectivity index (χ0n) is 18.3. The van der Waals surface area contributed by atoms with Gasteiger partial charge < -0.3 is 10.1 Å². The molecule has 33 heavy (non-hydrogen) atoms. The molecule has 10 heteroatoms. The Morgan fingerprint density at radius 3 is 2.15 bits per heavy atom. The van der Waals surface area contributed by atoms with Gasteiger partial charge in [0.15, 0.2) is 9.84 Å². The van der Waals surface area contributed by atoms with E-state index in [4.69, 9.17) is 4.74 Å². The van der Waals surface area contributed by atoms with Gasteiger partial charge in [-0.3, -0.25) is 9.10 Å². The lowest BCUT2D eigenvalue weighted by atomic mass is 10.2. The summed E-state index contributed by atoms with van der Waals surface area (Å²) in [7, 11) is -4.58. The zero-order valence-corrected chi connectivity index (χ0v) is 20.0. The fourth-order valence-electron chi connectivity index (χ4n) is 3.15. The Kier molecular flexibility index (Phi) is 7.09. The van der Waals surface area contributed by atoms with Gasteiger partial charge in [0.25, 0.3) is 15.9 Å². The number of hydrogen-bond donors (Lipinski definition) is 1. The van der Waals surface area contributed by atoms with Crippen LogP contribution < -0.4 is 14.4 Å². The lowest BCUT2D eigenvalue weighted by Gasteiger charge is -2.21. The molecule has 0 heterocycles. The largest absolute Gasteiger partial charge is 0.495 e. The van der Waals surface area contributed by atoms with E-state index in [1.54, 1.807) is 36.4 Å². The van der Waals surface area contributed by atoms with Crippen molar-refractivity contribution in [1.29, 1.82) is 0 Å². The monoisotopic (exact) mass is 488 g/mol. The number of anilines is 2. The van der Waals surface area contributed by atoms with Crippen LogP contribution in [-0.2, 0) is 19.9 Å². The molecule has 0 fully saturated rings. The number of nitrogens with zero attached hydrogens (tertiary/aromatic N) is 1. The molecule has 0 saturated carbocycles. The molecule has 3 rings (SSSR count). The third kappa shape index (κ3) is 5.01. The molecule has 0 unspecified atom stereocenters. The van der Waals surface area contributed by atoms with Crippen molar-refractivity contribution in [3.63, 3.8) is 0 Å². The first kappa shape index (κ1) is 24.3. The molecule has 3 aromatic carbocycles. The van der Waals surface area contributed by atoms with E-state index in [0.29, 0.717) is 11.4 Å². The molecule has 0 aliphatic heterocycles. The number of carbonyl (C=O) groups excluding carboxylic acids is 1. The first-order chi connectivity index (χ1) is 15.6. The van der Waals surface area contributed by atoms with Crippen molar-refractivity contribution < 1.29 is 26.4 Å². The van der Waals surface area contributed by atoms with Crippen molar-refractivity contribution in [3.05, 3.63) is 78.4 Å². The van der Waals surface area contributed by atoms with Crippen LogP contribution in [0.15, 0.2) is 82.6 Å². The number of ether oxygens (including phenoxy) is 1. The quantitative estimate of drug-likeness (QED) is 0.519. The number of hydrogen-bond acceptors (Lipinski definition) is 6. The maximum Gasteiger partial charge on any atom is 0.264 e. The second-order valence-electron chi connectivity index (χ2n) is 7.02. The SMILES string of the molecule is CCS(=O)(=O)c1ccccc1NC(=O)c1ccc(S(=O)(=O)N(C)c2ccccc2OC)cc1. The molecule has 0 aromatic heterocycles. The predicted octanol–water partition coefficient (Wildman–Crippen LogP) is 3.57. The normalized spacial score (nSPS) is 11.6. The average molecular weight is 489 g/mol. The van der Waals surface area contributed by atoms with Crippen molar-refractivity contribution >= 4 is 37.1 Å². The van der Waals surface area contributed by atoms with Gasteiger partial charge in [0.05, 0.1) is 34.0 Å². The average Bonchev–Trinajstić information content (AvgIpc) is 2.83. The van der Waals surface area contributed by atoms with Crippen LogP contribution in [0.1, 0.15) is 17.3 Å². The van der Waals surface area contributed by atoms with E-state index in [0.717, 1.165) is 4.31 Å². The van der Waals surface area contributed by atoms with E-state index in [-0.39, 0.29) is 26.8 Å². The summed E-state index contributed by atoms with van der Waals surface area (Å²) in [6, 6.07) is 18.2. The molecule has 0 aliphatic rings. The number of carbonyl (C=O) groups is 1. The fourth-order valence-corrected chi connectivity index (χ4v) is 5.40. The Bertz CT molecular complexity index is 1370. The van der Waals surface area contributed by atoms with Gasteiger partial charge in [-0.15, -0.1) is 0 Å². The van der Waals surface area contributed by atoms with Gasteiger partial charge in [0.1, 0.15) is 5.75 Å². The molecular formula is C23H24N2O6S2. The van der Waals surface area contributed by atoms with Gasteiger partial charge in [-0.2, -0.15) is 0 Å². The fraction of sp³-hybridized carbons (Fsp3) is 0.174. The summed E-state index contributed by atoms with van der Waals surface area (Å²) >= 11 is 0. The molecular weight excluding hydrogens is 464 g/mol. The second-order valence-corrected chi connectivity index (χ2v) is 11.2. The number of sulfone groups is 1. The molecule has 8 nitrogen and oxygen atoms in total. The highest BCUT2D eigenvalue weighted by Gasteiger charge is 2.24. The molecule has 0 atom stereocenters. The van der Waals surface area contributed by atoms with E-state index in [2.05, 4.69) is 5.32 Å².